The molecule has 1 aliphatic rings. The van der Waals surface area contributed by atoms with E-state index in [9.17, 15) is 17.6 Å². The summed E-state index contributed by atoms with van der Waals surface area (Å²) in [6.07, 6.45) is 3.30. The van der Waals surface area contributed by atoms with E-state index in [1.54, 1.807) is 11.0 Å². The van der Waals surface area contributed by atoms with Gasteiger partial charge in [-0.05, 0) is 43.9 Å². The van der Waals surface area contributed by atoms with Gasteiger partial charge in [-0.25, -0.2) is 12.8 Å². The third-order valence-electron chi connectivity index (χ3n) is 4.01. The summed E-state index contributed by atoms with van der Waals surface area (Å²) in [5.74, 6) is -0.649. The van der Waals surface area contributed by atoms with E-state index in [-0.39, 0.29) is 17.8 Å². The molecule has 1 aromatic carbocycles. The molecule has 1 fully saturated rings. The highest BCUT2D eigenvalue weighted by atomic mass is 32.2. The molecule has 1 saturated heterocycles. The first-order valence-electron chi connectivity index (χ1n) is 7.03. The second-order valence-corrected chi connectivity index (χ2v) is 8.00. The zero-order valence-electron chi connectivity index (χ0n) is 12.3. The first kappa shape index (κ1) is 15.9. The number of benzene rings is 1. The number of hydrogen-bond acceptors (Lipinski definition) is 3. The summed E-state index contributed by atoms with van der Waals surface area (Å²) in [5.41, 5.74) is 0.826. The van der Waals surface area contributed by atoms with E-state index < -0.39 is 15.1 Å². The molecule has 0 radical (unpaired) electrons. The van der Waals surface area contributed by atoms with E-state index >= 15 is 0 Å². The second-order valence-electron chi connectivity index (χ2n) is 5.63. The summed E-state index contributed by atoms with van der Waals surface area (Å²) < 4.78 is 36.3. The average Bonchev–Trinajstić information content (AvgIpc) is 2.84. The molecular weight excluding hydrogens is 293 g/mol. The standard InChI is InChI=1S/C15H20FNO3S/c1-11(21(2,19)20)15(18)17-8-4-7-14(17)10-12-5-3-6-13(16)9-12/h3,5-6,9,11,14H,4,7-8,10H2,1-2H3/t11-,14+/m1/s1. The maximum Gasteiger partial charge on any atom is 0.240 e. The highest BCUT2D eigenvalue weighted by Gasteiger charge is 2.35. The molecule has 0 aliphatic carbocycles. The van der Waals surface area contributed by atoms with Crippen molar-refractivity contribution in [2.75, 3.05) is 12.8 Å². The Kier molecular flexibility index (Phi) is 4.66. The van der Waals surface area contributed by atoms with Crippen molar-refractivity contribution in [1.29, 1.82) is 0 Å². The van der Waals surface area contributed by atoms with Crippen molar-refractivity contribution in [3.8, 4) is 0 Å². The number of hydrogen-bond donors (Lipinski definition) is 0. The minimum absolute atomic E-state index is 0.0523. The summed E-state index contributed by atoms with van der Waals surface area (Å²) in [4.78, 5) is 14.0. The molecule has 0 spiro atoms. The quantitative estimate of drug-likeness (QED) is 0.851. The number of nitrogens with zero attached hydrogens (tertiary/aromatic N) is 1. The summed E-state index contributed by atoms with van der Waals surface area (Å²) in [7, 11) is -3.39. The third kappa shape index (κ3) is 3.81. The van der Waals surface area contributed by atoms with Crippen molar-refractivity contribution in [3.63, 3.8) is 0 Å². The molecule has 0 N–H and O–H groups in total. The van der Waals surface area contributed by atoms with Crippen molar-refractivity contribution < 1.29 is 17.6 Å². The third-order valence-corrected chi connectivity index (χ3v) is 5.50. The van der Waals surface area contributed by atoms with Crippen LogP contribution >= 0.6 is 0 Å². The summed E-state index contributed by atoms with van der Waals surface area (Å²) in [6, 6.07) is 6.26. The number of sulfone groups is 1. The lowest BCUT2D eigenvalue weighted by Gasteiger charge is -2.27. The predicted molar refractivity (Wildman–Crippen MR) is 79.1 cm³/mol. The minimum Gasteiger partial charge on any atom is -0.338 e. The van der Waals surface area contributed by atoms with E-state index in [0.717, 1.165) is 24.7 Å². The van der Waals surface area contributed by atoms with Crippen LogP contribution in [0.5, 0.6) is 0 Å². The van der Waals surface area contributed by atoms with Gasteiger partial charge < -0.3 is 4.90 Å². The molecule has 6 heteroatoms. The molecule has 1 heterocycles. The molecule has 0 unspecified atom stereocenters. The molecule has 1 aliphatic heterocycles. The normalized spacial score (nSPS) is 20.5. The van der Waals surface area contributed by atoms with Crippen LogP contribution in [0.15, 0.2) is 24.3 Å². The fourth-order valence-electron chi connectivity index (χ4n) is 2.69. The molecule has 0 bridgehead atoms. The fraction of sp³-hybridized carbons (Fsp3) is 0.533. The first-order chi connectivity index (χ1) is 9.79. The molecular formula is C15H20FNO3S. The lowest BCUT2D eigenvalue weighted by atomic mass is 10.0. The Bertz CT molecular complexity index is 630. The number of likely N-dealkylation sites (tertiary alicyclic amines) is 1. The Morgan fingerprint density at radius 2 is 2.19 bits per heavy atom. The van der Waals surface area contributed by atoms with Gasteiger partial charge in [0.25, 0.3) is 0 Å². The van der Waals surface area contributed by atoms with Gasteiger partial charge in [-0.2, -0.15) is 0 Å². The number of amides is 1. The Labute approximate surface area is 124 Å². The molecule has 1 amide bonds. The van der Waals surface area contributed by atoms with Gasteiger partial charge in [-0.3, -0.25) is 4.79 Å². The lowest BCUT2D eigenvalue weighted by molar-refractivity contribution is -0.131. The summed E-state index contributed by atoms with van der Waals surface area (Å²) in [6.45, 7) is 1.99. The number of carbonyl (C=O) groups is 1. The average molecular weight is 313 g/mol. The Hall–Kier alpha value is -1.43. The van der Waals surface area contributed by atoms with Crippen molar-refractivity contribution in [2.24, 2.45) is 0 Å². The van der Waals surface area contributed by atoms with Gasteiger partial charge in [0, 0.05) is 18.8 Å². The van der Waals surface area contributed by atoms with Crippen LogP contribution in [0.4, 0.5) is 4.39 Å². The van der Waals surface area contributed by atoms with Crippen molar-refractivity contribution in [3.05, 3.63) is 35.6 Å². The van der Waals surface area contributed by atoms with E-state index in [4.69, 9.17) is 0 Å². The van der Waals surface area contributed by atoms with Gasteiger partial charge in [0.15, 0.2) is 9.84 Å². The summed E-state index contributed by atoms with van der Waals surface area (Å²) in [5, 5.41) is -1.02. The van der Waals surface area contributed by atoms with Crippen LogP contribution in [0.3, 0.4) is 0 Å². The van der Waals surface area contributed by atoms with Gasteiger partial charge in [0.1, 0.15) is 11.1 Å². The zero-order chi connectivity index (χ0) is 15.6. The molecule has 21 heavy (non-hydrogen) atoms. The first-order valence-corrected chi connectivity index (χ1v) is 8.98. The largest absolute Gasteiger partial charge is 0.338 e. The molecule has 116 valence electrons. The monoisotopic (exact) mass is 313 g/mol. The lowest BCUT2D eigenvalue weighted by Crippen LogP contribution is -2.44. The van der Waals surface area contributed by atoms with Gasteiger partial charge in [-0.15, -0.1) is 0 Å². The Morgan fingerprint density at radius 3 is 2.81 bits per heavy atom. The van der Waals surface area contributed by atoms with E-state index in [2.05, 4.69) is 0 Å². The Morgan fingerprint density at radius 1 is 1.48 bits per heavy atom. The van der Waals surface area contributed by atoms with Crippen molar-refractivity contribution in [1.82, 2.24) is 4.90 Å². The van der Waals surface area contributed by atoms with Crippen LogP contribution in [0, 0.1) is 5.82 Å². The maximum atomic E-state index is 13.2. The zero-order valence-corrected chi connectivity index (χ0v) is 13.1. The SMILES string of the molecule is C[C@H](C(=O)N1CCC[C@H]1Cc1cccc(F)c1)S(C)(=O)=O. The van der Waals surface area contributed by atoms with E-state index in [1.807, 2.05) is 6.07 Å². The van der Waals surface area contributed by atoms with Gasteiger partial charge >= 0.3 is 0 Å². The molecule has 0 aromatic heterocycles. The van der Waals surface area contributed by atoms with Crippen molar-refractivity contribution >= 4 is 15.7 Å². The Balaban J connectivity index is 2.12. The molecule has 4 nitrogen and oxygen atoms in total. The minimum atomic E-state index is -3.39. The maximum absolute atomic E-state index is 13.2. The van der Waals surface area contributed by atoms with Crippen LogP contribution in [0.25, 0.3) is 0 Å². The molecule has 2 rings (SSSR count). The predicted octanol–water partition coefficient (Wildman–Crippen LogP) is 1.79. The van der Waals surface area contributed by atoms with Crippen LogP contribution in [-0.2, 0) is 21.1 Å². The fourth-order valence-corrected chi connectivity index (χ4v) is 3.19. The summed E-state index contributed by atoms with van der Waals surface area (Å²) >= 11 is 0. The molecule has 1 aromatic rings. The highest BCUT2D eigenvalue weighted by Crippen LogP contribution is 2.23. The number of halogens is 1. The van der Waals surface area contributed by atoms with Gasteiger partial charge in [0.2, 0.25) is 5.91 Å². The van der Waals surface area contributed by atoms with Gasteiger partial charge in [0.05, 0.1) is 0 Å². The van der Waals surface area contributed by atoms with E-state index in [0.29, 0.717) is 13.0 Å². The van der Waals surface area contributed by atoms with Crippen LogP contribution in [0.1, 0.15) is 25.3 Å². The van der Waals surface area contributed by atoms with Crippen LogP contribution in [0.2, 0.25) is 0 Å². The topological polar surface area (TPSA) is 54.5 Å². The smallest absolute Gasteiger partial charge is 0.240 e. The van der Waals surface area contributed by atoms with Crippen LogP contribution in [-0.4, -0.2) is 43.3 Å². The molecule has 2 atom stereocenters. The van der Waals surface area contributed by atoms with Gasteiger partial charge in [-0.1, -0.05) is 12.1 Å². The van der Waals surface area contributed by atoms with Crippen molar-refractivity contribution in [2.45, 2.75) is 37.5 Å². The number of rotatable bonds is 4. The second kappa shape index (κ2) is 6.13. The number of carbonyl (C=O) groups excluding carboxylic acids is 1. The molecule has 0 saturated carbocycles. The highest BCUT2D eigenvalue weighted by molar-refractivity contribution is 7.92. The van der Waals surface area contributed by atoms with E-state index in [1.165, 1.54) is 19.1 Å². The van der Waals surface area contributed by atoms with Crippen LogP contribution < -0.4 is 0 Å².